The summed E-state index contributed by atoms with van der Waals surface area (Å²) in [6.07, 6.45) is 1.51. The minimum Gasteiger partial charge on any atom is -0.460 e. The first-order valence-corrected chi connectivity index (χ1v) is 8.26. The summed E-state index contributed by atoms with van der Waals surface area (Å²) in [6.45, 7) is 8.96. The van der Waals surface area contributed by atoms with E-state index in [0.29, 0.717) is 6.54 Å². The van der Waals surface area contributed by atoms with Crippen molar-refractivity contribution in [3.05, 3.63) is 22.4 Å². The third-order valence-electron chi connectivity index (χ3n) is 3.34. The molecular formula is C15H22N2O3S. The Morgan fingerprint density at radius 3 is 2.86 bits per heavy atom. The molecule has 2 aliphatic heterocycles. The molecule has 1 saturated heterocycles. The molecule has 0 aliphatic carbocycles. The third kappa shape index (κ3) is 3.43. The largest absolute Gasteiger partial charge is 0.460 e. The predicted octanol–water partition coefficient (Wildman–Crippen LogP) is 1.87. The monoisotopic (exact) mass is 310 g/mol. The predicted molar refractivity (Wildman–Crippen MR) is 83.3 cm³/mol. The standard InChI is InChI=1S/C15H22N2O3S/c1-5-16-12(18)6-11-8-21-14-13(10(4)7-17(11)14)15(19)20-9(2)3/h6,9-10H,5,7-8H2,1-4H3,(H,16,18)/b11-6-. The average Bonchev–Trinajstić information content (AvgIpc) is 2.88. The summed E-state index contributed by atoms with van der Waals surface area (Å²) < 4.78 is 5.33. The molecule has 0 radical (unpaired) electrons. The second kappa shape index (κ2) is 6.56. The first-order valence-electron chi connectivity index (χ1n) is 7.27. The highest BCUT2D eigenvalue weighted by Crippen LogP contribution is 2.44. The van der Waals surface area contributed by atoms with Crippen LogP contribution in [-0.4, -0.2) is 41.7 Å². The van der Waals surface area contributed by atoms with Crippen LogP contribution in [-0.2, 0) is 14.3 Å². The molecule has 1 atom stereocenters. The van der Waals surface area contributed by atoms with Crippen molar-refractivity contribution >= 4 is 23.6 Å². The van der Waals surface area contributed by atoms with E-state index in [9.17, 15) is 9.59 Å². The van der Waals surface area contributed by atoms with Crippen LogP contribution in [0.2, 0.25) is 0 Å². The zero-order valence-corrected chi connectivity index (χ0v) is 13.8. The summed E-state index contributed by atoms with van der Waals surface area (Å²) >= 11 is 1.60. The van der Waals surface area contributed by atoms with Crippen molar-refractivity contribution in [1.82, 2.24) is 10.2 Å². The first kappa shape index (κ1) is 15.9. The number of nitrogens with zero attached hydrogens (tertiary/aromatic N) is 1. The molecule has 0 aromatic carbocycles. The van der Waals surface area contributed by atoms with Gasteiger partial charge in [-0.15, -0.1) is 11.8 Å². The minimum atomic E-state index is -0.234. The first-order chi connectivity index (χ1) is 9.93. The summed E-state index contributed by atoms with van der Waals surface area (Å²) in [5, 5.41) is 3.71. The molecule has 0 bridgehead atoms. The number of thioether (sulfide) groups is 1. The molecule has 21 heavy (non-hydrogen) atoms. The van der Waals surface area contributed by atoms with Crippen LogP contribution in [0.3, 0.4) is 0 Å². The summed E-state index contributed by atoms with van der Waals surface area (Å²) in [4.78, 5) is 26.0. The van der Waals surface area contributed by atoms with Crippen LogP contribution in [0.1, 0.15) is 27.7 Å². The van der Waals surface area contributed by atoms with Crippen molar-refractivity contribution in [3.8, 4) is 0 Å². The van der Waals surface area contributed by atoms with E-state index in [0.717, 1.165) is 28.6 Å². The third-order valence-corrected chi connectivity index (χ3v) is 4.49. The number of nitrogens with one attached hydrogen (secondary N) is 1. The minimum absolute atomic E-state index is 0.0831. The lowest BCUT2D eigenvalue weighted by molar-refractivity contribution is -0.143. The number of hydrogen-bond donors (Lipinski definition) is 1. The highest BCUT2D eigenvalue weighted by molar-refractivity contribution is 8.03. The number of carbonyl (C=O) groups is 2. The number of likely N-dealkylation sites (N-methyl/N-ethyl adjacent to an activating group) is 1. The molecule has 2 heterocycles. The highest BCUT2D eigenvalue weighted by atomic mass is 32.2. The van der Waals surface area contributed by atoms with Gasteiger partial charge in [-0.1, -0.05) is 6.92 Å². The number of fused-ring (bicyclic) bond motifs is 1. The van der Waals surface area contributed by atoms with E-state index in [-0.39, 0.29) is 23.9 Å². The highest BCUT2D eigenvalue weighted by Gasteiger charge is 2.39. The number of hydrogen-bond acceptors (Lipinski definition) is 5. The zero-order chi connectivity index (χ0) is 15.6. The Bertz CT molecular complexity index is 511. The topological polar surface area (TPSA) is 58.6 Å². The number of ether oxygens (including phenoxy) is 1. The lowest BCUT2D eigenvalue weighted by atomic mass is 10.1. The van der Waals surface area contributed by atoms with Crippen LogP contribution in [0, 0.1) is 5.92 Å². The fraction of sp³-hybridized carbons (Fsp3) is 0.600. The van der Waals surface area contributed by atoms with Gasteiger partial charge in [0.15, 0.2) is 0 Å². The Kier molecular flexibility index (Phi) is 4.98. The molecule has 0 aromatic heterocycles. The summed E-state index contributed by atoms with van der Waals surface area (Å²) in [5.41, 5.74) is 1.70. The molecule has 0 spiro atoms. The molecule has 1 unspecified atom stereocenters. The van der Waals surface area contributed by atoms with Gasteiger partial charge in [-0.2, -0.15) is 0 Å². The molecule has 6 heteroatoms. The number of rotatable bonds is 4. The second-order valence-corrected chi connectivity index (χ2v) is 6.47. The molecule has 2 aliphatic rings. The van der Waals surface area contributed by atoms with E-state index in [1.807, 2.05) is 27.7 Å². The maximum atomic E-state index is 12.2. The lowest BCUT2D eigenvalue weighted by Gasteiger charge is -2.15. The van der Waals surface area contributed by atoms with Crippen LogP contribution in [0.25, 0.3) is 0 Å². The molecule has 1 N–H and O–H groups in total. The summed E-state index contributed by atoms with van der Waals surface area (Å²) in [6, 6.07) is 0. The molecule has 0 aromatic rings. The molecule has 1 amide bonds. The van der Waals surface area contributed by atoms with E-state index in [2.05, 4.69) is 10.2 Å². The van der Waals surface area contributed by atoms with E-state index < -0.39 is 0 Å². The summed E-state index contributed by atoms with van der Waals surface area (Å²) in [7, 11) is 0. The molecule has 116 valence electrons. The molecule has 1 fully saturated rings. The summed E-state index contributed by atoms with van der Waals surface area (Å²) in [5.74, 6) is 0.524. The van der Waals surface area contributed by atoms with Crippen molar-refractivity contribution in [1.29, 1.82) is 0 Å². The van der Waals surface area contributed by atoms with Crippen molar-refractivity contribution in [3.63, 3.8) is 0 Å². The normalized spacial score (nSPS) is 23.0. The Balaban J connectivity index is 2.20. The van der Waals surface area contributed by atoms with E-state index in [4.69, 9.17) is 4.74 Å². The van der Waals surface area contributed by atoms with Gasteiger partial charge in [-0.05, 0) is 20.8 Å². The van der Waals surface area contributed by atoms with Gasteiger partial charge in [0.25, 0.3) is 0 Å². The lowest BCUT2D eigenvalue weighted by Crippen LogP contribution is -2.23. The molecular weight excluding hydrogens is 288 g/mol. The van der Waals surface area contributed by atoms with Gasteiger partial charge in [0, 0.05) is 36.5 Å². The number of amides is 1. The van der Waals surface area contributed by atoms with Gasteiger partial charge in [0.2, 0.25) is 5.91 Å². The molecule has 5 nitrogen and oxygen atoms in total. The van der Waals surface area contributed by atoms with Crippen LogP contribution in [0.15, 0.2) is 22.4 Å². The second-order valence-electron chi connectivity index (χ2n) is 5.50. The Morgan fingerprint density at radius 2 is 2.24 bits per heavy atom. The molecule has 0 saturated carbocycles. The average molecular weight is 310 g/mol. The maximum Gasteiger partial charge on any atom is 0.337 e. The molecule has 2 rings (SSSR count). The van der Waals surface area contributed by atoms with Crippen molar-refractivity contribution in [2.75, 3.05) is 18.8 Å². The van der Waals surface area contributed by atoms with Gasteiger partial charge in [-0.25, -0.2) is 4.79 Å². The van der Waals surface area contributed by atoms with Crippen molar-refractivity contribution in [2.24, 2.45) is 5.92 Å². The number of esters is 1. The van der Waals surface area contributed by atoms with E-state index >= 15 is 0 Å². The van der Waals surface area contributed by atoms with Gasteiger partial charge in [-0.3, -0.25) is 4.79 Å². The van der Waals surface area contributed by atoms with E-state index in [1.165, 1.54) is 0 Å². The zero-order valence-electron chi connectivity index (χ0n) is 12.9. The van der Waals surface area contributed by atoms with Gasteiger partial charge < -0.3 is 15.0 Å². The Hall–Kier alpha value is -1.43. The maximum absolute atomic E-state index is 12.2. The Morgan fingerprint density at radius 1 is 1.52 bits per heavy atom. The SMILES string of the molecule is CCNC(=O)/C=C1/CSC2=C(C(=O)OC(C)C)C(C)CN21. The quantitative estimate of drug-likeness (QED) is 0.634. The Labute approximate surface area is 129 Å². The van der Waals surface area contributed by atoms with Gasteiger partial charge >= 0.3 is 5.97 Å². The van der Waals surface area contributed by atoms with Crippen LogP contribution < -0.4 is 5.32 Å². The fourth-order valence-electron chi connectivity index (χ4n) is 2.49. The number of carbonyl (C=O) groups excluding carboxylic acids is 2. The van der Waals surface area contributed by atoms with Crippen LogP contribution >= 0.6 is 11.8 Å². The van der Waals surface area contributed by atoms with E-state index in [1.54, 1.807) is 17.8 Å². The van der Waals surface area contributed by atoms with Crippen LogP contribution in [0.4, 0.5) is 0 Å². The van der Waals surface area contributed by atoms with Gasteiger partial charge in [0.05, 0.1) is 16.7 Å². The smallest absolute Gasteiger partial charge is 0.337 e. The van der Waals surface area contributed by atoms with Crippen molar-refractivity contribution < 1.29 is 14.3 Å². The van der Waals surface area contributed by atoms with Gasteiger partial charge in [0.1, 0.15) is 0 Å². The fourth-order valence-corrected chi connectivity index (χ4v) is 3.80. The van der Waals surface area contributed by atoms with Crippen LogP contribution in [0.5, 0.6) is 0 Å². The van der Waals surface area contributed by atoms with Crippen molar-refractivity contribution in [2.45, 2.75) is 33.8 Å².